The van der Waals surface area contributed by atoms with Gasteiger partial charge in [0.15, 0.2) is 0 Å². The van der Waals surface area contributed by atoms with Crippen molar-refractivity contribution in [2.75, 3.05) is 9.80 Å². The molecule has 0 saturated carbocycles. The van der Waals surface area contributed by atoms with Crippen molar-refractivity contribution in [3.63, 3.8) is 0 Å². The van der Waals surface area contributed by atoms with E-state index in [2.05, 4.69) is 120 Å². The van der Waals surface area contributed by atoms with Crippen molar-refractivity contribution >= 4 is 66.6 Å². The van der Waals surface area contributed by atoms with Gasteiger partial charge >= 0.3 is 0 Å². The Morgan fingerprint density at radius 1 is 0.660 bits per heavy atom. The average Bonchev–Trinajstić information content (AvgIpc) is 3.84. The maximum absolute atomic E-state index is 6.50. The van der Waals surface area contributed by atoms with Gasteiger partial charge in [-0.2, -0.15) is 12.1 Å². The smallest absolute Gasteiger partial charge is 0.137 e. The van der Waals surface area contributed by atoms with E-state index in [1.54, 1.807) is 0 Å². The van der Waals surface area contributed by atoms with Crippen molar-refractivity contribution in [1.29, 1.82) is 0 Å². The molecular weight excluding hydrogens is 838 g/mol. The Bertz CT molecular complexity index is 2830. The first-order valence-corrected chi connectivity index (χ1v) is 17.3. The minimum absolute atomic E-state index is 0. The molecule has 0 unspecified atom stereocenters. The van der Waals surface area contributed by atoms with E-state index in [0.717, 1.165) is 72.4 Å². The van der Waals surface area contributed by atoms with Gasteiger partial charge in [-0.05, 0) is 64.9 Å². The maximum atomic E-state index is 6.50. The fraction of sp³-hybridized carbons (Fsp3) is 0.0889. The van der Waals surface area contributed by atoms with Gasteiger partial charge in [0.1, 0.15) is 22.8 Å². The second kappa shape index (κ2) is 12.6. The summed E-state index contributed by atoms with van der Waals surface area (Å²) in [4.78, 5) is 13.7. The molecule has 0 radical (unpaired) electrons. The van der Waals surface area contributed by atoms with Gasteiger partial charge in [-0.25, -0.2) is 9.97 Å². The van der Waals surface area contributed by atoms with Crippen molar-refractivity contribution in [1.82, 2.24) is 14.5 Å². The zero-order valence-electron chi connectivity index (χ0n) is 29.1. The third kappa shape index (κ3) is 5.55. The summed E-state index contributed by atoms with van der Waals surface area (Å²) in [6, 6.07) is 48.1. The zero-order chi connectivity index (χ0) is 35.0. The number of hydrogen-bond acceptors (Lipinski definition) is 6. The summed E-state index contributed by atoms with van der Waals surface area (Å²) >= 11 is 0. The van der Waals surface area contributed by atoms with Crippen molar-refractivity contribution in [3.8, 4) is 17.3 Å². The van der Waals surface area contributed by atoms with E-state index in [9.17, 15) is 0 Å². The second-order valence-electron chi connectivity index (χ2n) is 14.1. The largest absolute Gasteiger partial charge is 0.509 e. The van der Waals surface area contributed by atoms with Crippen LogP contribution in [0.25, 0.3) is 49.6 Å². The van der Waals surface area contributed by atoms with Crippen molar-refractivity contribution < 1.29 is 30.2 Å². The van der Waals surface area contributed by atoms with Gasteiger partial charge in [0, 0.05) is 73.0 Å². The Kier molecular flexibility index (Phi) is 7.86. The molecule has 0 amide bonds. The molecule has 0 spiro atoms. The Morgan fingerprint density at radius 3 is 2.34 bits per heavy atom. The van der Waals surface area contributed by atoms with Crippen LogP contribution in [0.2, 0.25) is 0 Å². The second-order valence-corrected chi connectivity index (χ2v) is 14.1. The summed E-state index contributed by atoms with van der Waals surface area (Å²) in [5, 5.41) is 4.41. The van der Waals surface area contributed by atoms with E-state index in [4.69, 9.17) is 19.1 Å². The van der Waals surface area contributed by atoms with Gasteiger partial charge in [0.25, 0.3) is 0 Å². The molecule has 0 saturated heterocycles. The van der Waals surface area contributed by atoms with Crippen LogP contribution in [-0.4, -0.2) is 14.5 Å². The van der Waals surface area contributed by atoms with Crippen molar-refractivity contribution in [2.24, 2.45) is 0 Å². The van der Waals surface area contributed by atoms with E-state index in [1.165, 1.54) is 5.56 Å². The molecule has 9 aromatic rings. The van der Waals surface area contributed by atoms with Crippen molar-refractivity contribution in [2.45, 2.75) is 26.2 Å². The minimum atomic E-state index is -0.0161. The molecule has 262 valence electrons. The molecule has 53 heavy (non-hydrogen) atoms. The zero-order valence-corrected chi connectivity index (χ0v) is 31.4. The Morgan fingerprint density at radius 2 is 1.45 bits per heavy atom. The van der Waals surface area contributed by atoms with Gasteiger partial charge in [0.2, 0.25) is 0 Å². The van der Waals surface area contributed by atoms with Crippen LogP contribution >= 0.6 is 0 Å². The molecule has 0 atom stereocenters. The van der Waals surface area contributed by atoms with Crippen LogP contribution in [0, 0.1) is 18.8 Å². The van der Waals surface area contributed by atoms with E-state index in [0.29, 0.717) is 11.5 Å². The molecule has 0 fully saturated rings. The fourth-order valence-electron chi connectivity index (χ4n) is 7.17. The maximum Gasteiger partial charge on any atom is 0.137 e. The minimum Gasteiger partial charge on any atom is -0.509 e. The summed E-state index contributed by atoms with van der Waals surface area (Å²) in [5.74, 6) is 2.82. The molecule has 0 N–H and O–H groups in total. The van der Waals surface area contributed by atoms with E-state index < -0.39 is 0 Å². The molecule has 4 aromatic heterocycles. The summed E-state index contributed by atoms with van der Waals surface area (Å²) in [6.07, 6.45) is 3.70. The van der Waals surface area contributed by atoms with E-state index in [1.807, 2.05) is 67.6 Å². The summed E-state index contributed by atoms with van der Waals surface area (Å²) in [5.41, 5.74) is 7.56. The third-order valence-corrected chi connectivity index (χ3v) is 9.76. The van der Waals surface area contributed by atoms with Crippen LogP contribution < -0.4 is 14.5 Å². The molecular formula is C45H32N5O2Pt-3. The summed E-state index contributed by atoms with van der Waals surface area (Å²) in [6.45, 7) is 8.68. The van der Waals surface area contributed by atoms with Gasteiger partial charge in [-0.15, -0.1) is 48.1 Å². The van der Waals surface area contributed by atoms with Gasteiger partial charge in [-0.3, -0.25) is 0 Å². The first kappa shape index (κ1) is 33.0. The number of benzene rings is 5. The third-order valence-electron chi connectivity index (χ3n) is 9.76. The molecule has 1 aliphatic heterocycles. The predicted molar refractivity (Wildman–Crippen MR) is 208 cm³/mol. The van der Waals surface area contributed by atoms with Gasteiger partial charge < -0.3 is 23.5 Å². The molecule has 5 heterocycles. The normalized spacial score (nSPS) is 12.9. The van der Waals surface area contributed by atoms with Crippen LogP contribution in [0.1, 0.15) is 26.3 Å². The number of rotatable bonds is 5. The number of nitrogens with zero attached hydrogens (tertiary/aromatic N) is 5. The standard InChI is InChI=1S/C45H32N5O2.Pt/c1-45(2,3)29-21-23-46-43(24-29)50-38-14-6-4-12-34(38)35-20-18-33(27-40(35)50)51-32-11-8-10-30(25-32)48-28-49(44-39(48)15-9-22-47-44)31-17-19-37-36-13-5-7-16-41(36)52-42(37)26-31;/h4-24,26,28H,1-3H3;/q-3;. The topological polar surface area (TPSA) is 59.6 Å². The number of fused-ring (bicyclic) bond motifs is 7. The van der Waals surface area contributed by atoms with E-state index >= 15 is 0 Å². The van der Waals surface area contributed by atoms with Crippen LogP contribution in [0.15, 0.2) is 138 Å². The number of pyridine rings is 2. The first-order chi connectivity index (χ1) is 25.4. The predicted octanol–water partition coefficient (Wildman–Crippen LogP) is 11.6. The quantitative estimate of drug-likeness (QED) is 0.161. The molecule has 7 nitrogen and oxygen atoms in total. The molecule has 10 rings (SSSR count). The number of ether oxygens (including phenoxy) is 1. The van der Waals surface area contributed by atoms with E-state index in [-0.39, 0.29) is 26.5 Å². The van der Waals surface area contributed by atoms with Gasteiger partial charge in [0.05, 0.1) is 5.69 Å². The molecule has 8 heteroatoms. The molecule has 0 aliphatic carbocycles. The van der Waals surface area contributed by atoms with Crippen LogP contribution in [0.3, 0.4) is 0 Å². The van der Waals surface area contributed by atoms with Crippen LogP contribution in [-0.2, 0) is 26.5 Å². The Labute approximate surface area is 321 Å². The number of aromatic nitrogens is 3. The van der Waals surface area contributed by atoms with Crippen LogP contribution in [0.4, 0.5) is 22.9 Å². The SMILES string of the molecule is CC(C)(C)c1ccnc(-n2c3[c-]c(Oc4[c-]c(N5[CH-]N(c6ccc7c(c6)oc6ccccc67)c6ncccc65)ccc4)ccc3c3ccccc32)c1.[Pt]. The molecule has 1 aliphatic rings. The summed E-state index contributed by atoms with van der Waals surface area (Å²) < 4.78 is 14.9. The first-order valence-electron chi connectivity index (χ1n) is 17.3. The average molecular weight is 870 g/mol. The fourth-order valence-corrected chi connectivity index (χ4v) is 7.17. The number of furan rings is 1. The Hall–Kier alpha value is -5.91. The van der Waals surface area contributed by atoms with Crippen molar-refractivity contribution in [3.05, 3.63) is 158 Å². The number of para-hydroxylation sites is 2. The molecule has 0 bridgehead atoms. The van der Waals surface area contributed by atoms with Crippen LogP contribution in [0.5, 0.6) is 11.5 Å². The Balaban J connectivity index is 0.00000372. The summed E-state index contributed by atoms with van der Waals surface area (Å²) in [7, 11) is 0. The monoisotopic (exact) mass is 869 g/mol. The number of hydrogen-bond donors (Lipinski definition) is 0. The van der Waals surface area contributed by atoms with Gasteiger partial charge in [-0.1, -0.05) is 62.7 Å². The molecule has 5 aromatic carbocycles. The number of anilines is 4.